The summed E-state index contributed by atoms with van der Waals surface area (Å²) in [6.07, 6.45) is 9.19. The third-order valence-electron chi connectivity index (χ3n) is 6.34. The Morgan fingerprint density at radius 2 is 1.78 bits per heavy atom. The van der Waals surface area contributed by atoms with E-state index in [1.165, 1.54) is 30.6 Å². The molecule has 27 heavy (non-hydrogen) atoms. The number of amides is 2. The van der Waals surface area contributed by atoms with Gasteiger partial charge in [-0.1, -0.05) is 19.3 Å². The molecule has 2 amide bonds. The van der Waals surface area contributed by atoms with E-state index in [-0.39, 0.29) is 29.4 Å². The average Bonchev–Trinajstić information content (AvgIpc) is 3.38. The maximum atomic E-state index is 12.9. The lowest BCUT2D eigenvalue weighted by atomic mass is 9.92. The van der Waals surface area contributed by atoms with Gasteiger partial charge in [0, 0.05) is 49.6 Å². The number of hydrogen-bond acceptors (Lipinski definition) is 5. The molecule has 3 aliphatic rings. The molecule has 146 valence electrons. The Labute approximate surface area is 163 Å². The molecule has 0 radical (unpaired) electrons. The van der Waals surface area contributed by atoms with Gasteiger partial charge < -0.3 is 9.80 Å². The predicted octanol–water partition coefficient (Wildman–Crippen LogP) is 2.75. The third kappa shape index (κ3) is 3.93. The Bertz CT molecular complexity index is 691. The summed E-state index contributed by atoms with van der Waals surface area (Å²) < 4.78 is 0. The van der Waals surface area contributed by atoms with E-state index in [2.05, 4.69) is 4.98 Å². The Balaban J connectivity index is 1.30. The smallest absolute Gasteiger partial charge is 0.227 e. The van der Waals surface area contributed by atoms with E-state index in [0.29, 0.717) is 49.9 Å². The highest BCUT2D eigenvalue weighted by molar-refractivity contribution is 7.11. The number of thiazole rings is 1. The van der Waals surface area contributed by atoms with Crippen molar-refractivity contribution in [3.8, 4) is 0 Å². The zero-order valence-corrected chi connectivity index (χ0v) is 16.5. The quantitative estimate of drug-likeness (QED) is 0.743. The van der Waals surface area contributed by atoms with Crippen LogP contribution in [-0.4, -0.2) is 58.1 Å². The highest BCUT2D eigenvalue weighted by Crippen LogP contribution is 2.31. The van der Waals surface area contributed by atoms with Crippen molar-refractivity contribution in [2.45, 2.75) is 57.4 Å². The number of carbonyl (C=O) groups excluding carboxylic acids is 3. The van der Waals surface area contributed by atoms with Gasteiger partial charge in [-0.25, -0.2) is 4.98 Å². The molecule has 4 rings (SSSR count). The molecule has 0 bridgehead atoms. The molecule has 3 fully saturated rings. The van der Waals surface area contributed by atoms with Gasteiger partial charge in [-0.3, -0.25) is 14.4 Å². The molecule has 6 nitrogen and oxygen atoms in total. The first-order valence-corrected chi connectivity index (χ1v) is 11.0. The highest BCUT2D eigenvalue weighted by Gasteiger charge is 2.40. The molecule has 0 spiro atoms. The normalized spacial score (nSPS) is 25.2. The number of rotatable bonds is 4. The molecular formula is C20H27N3O3S. The first-order chi connectivity index (χ1) is 13.1. The van der Waals surface area contributed by atoms with Gasteiger partial charge in [-0.2, -0.15) is 0 Å². The number of Topliss-reactive ketones (excluding diaryl/α,β-unsaturated/α-hetero) is 1. The summed E-state index contributed by atoms with van der Waals surface area (Å²) in [6, 6.07) is 0.339. The number of likely N-dealkylation sites (tertiary alicyclic amines) is 2. The topological polar surface area (TPSA) is 70.6 Å². The van der Waals surface area contributed by atoms with Crippen LogP contribution in [0.5, 0.6) is 0 Å². The van der Waals surface area contributed by atoms with Gasteiger partial charge in [0.2, 0.25) is 11.8 Å². The fourth-order valence-corrected chi connectivity index (χ4v) is 5.44. The monoisotopic (exact) mass is 389 g/mol. The first-order valence-electron chi connectivity index (χ1n) is 10.2. The van der Waals surface area contributed by atoms with Gasteiger partial charge >= 0.3 is 0 Å². The molecular weight excluding hydrogens is 362 g/mol. The maximum absolute atomic E-state index is 12.9. The van der Waals surface area contributed by atoms with E-state index >= 15 is 0 Å². The summed E-state index contributed by atoms with van der Waals surface area (Å²) >= 11 is 1.38. The Hall–Kier alpha value is -1.76. The fraction of sp³-hybridized carbons (Fsp3) is 0.700. The molecule has 1 aromatic heterocycles. The van der Waals surface area contributed by atoms with Crippen molar-refractivity contribution in [2.75, 3.05) is 19.6 Å². The zero-order valence-electron chi connectivity index (χ0n) is 15.6. The Morgan fingerprint density at radius 1 is 1.04 bits per heavy atom. The summed E-state index contributed by atoms with van der Waals surface area (Å²) in [6.45, 7) is 1.80. The van der Waals surface area contributed by atoms with Crippen LogP contribution in [0.4, 0.5) is 0 Å². The maximum Gasteiger partial charge on any atom is 0.227 e. The van der Waals surface area contributed by atoms with Crippen molar-refractivity contribution < 1.29 is 14.4 Å². The highest BCUT2D eigenvalue weighted by atomic mass is 32.1. The summed E-state index contributed by atoms with van der Waals surface area (Å²) in [5.74, 6) is 0.113. The van der Waals surface area contributed by atoms with Gasteiger partial charge in [-0.05, 0) is 25.7 Å². The van der Waals surface area contributed by atoms with Crippen LogP contribution in [0.25, 0.3) is 0 Å². The molecule has 1 unspecified atom stereocenters. The number of aromatic nitrogens is 1. The van der Waals surface area contributed by atoms with Gasteiger partial charge in [0.05, 0.1) is 5.92 Å². The van der Waals surface area contributed by atoms with E-state index < -0.39 is 0 Å². The van der Waals surface area contributed by atoms with Crippen molar-refractivity contribution in [3.63, 3.8) is 0 Å². The second kappa shape index (κ2) is 8.09. The second-order valence-electron chi connectivity index (χ2n) is 8.04. The van der Waals surface area contributed by atoms with Crippen LogP contribution in [0.1, 0.15) is 61.2 Å². The molecule has 2 saturated heterocycles. The average molecular weight is 390 g/mol. The van der Waals surface area contributed by atoms with Crippen LogP contribution in [0.3, 0.4) is 0 Å². The van der Waals surface area contributed by atoms with Crippen molar-refractivity contribution >= 4 is 28.9 Å². The van der Waals surface area contributed by atoms with Gasteiger partial charge in [-0.15, -0.1) is 11.3 Å². The zero-order chi connectivity index (χ0) is 18.8. The number of piperidine rings is 1. The molecule has 3 heterocycles. The predicted molar refractivity (Wildman–Crippen MR) is 102 cm³/mol. The summed E-state index contributed by atoms with van der Waals surface area (Å²) in [4.78, 5) is 45.8. The number of nitrogens with zero attached hydrogens (tertiary/aromatic N) is 3. The molecule has 1 aliphatic carbocycles. The first kappa shape index (κ1) is 18.6. The minimum atomic E-state index is -0.203. The number of carbonyl (C=O) groups is 3. The number of hydrogen-bond donors (Lipinski definition) is 0. The van der Waals surface area contributed by atoms with Crippen LogP contribution < -0.4 is 0 Å². The summed E-state index contributed by atoms with van der Waals surface area (Å²) in [5.41, 5.74) is 0. The van der Waals surface area contributed by atoms with Crippen molar-refractivity contribution in [2.24, 2.45) is 11.8 Å². The van der Waals surface area contributed by atoms with E-state index in [1.54, 1.807) is 6.20 Å². The molecule has 7 heteroatoms. The van der Waals surface area contributed by atoms with Crippen LogP contribution >= 0.6 is 11.3 Å². The fourth-order valence-electron chi connectivity index (χ4n) is 4.78. The summed E-state index contributed by atoms with van der Waals surface area (Å²) in [5, 5.41) is 2.39. The summed E-state index contributed by atoms with van der Waals surface area (Å²) in [7, 11) is 0. The lowest BCUT2D eigenvalue weighted by molar-refractivity contribution is -0.137. The SMILES string of the molecule is O=C(c1nccs1)C1CCN(C(=O)C2CC(=O)N(C3CCCCC3)C2)CC1. The standard InChI is InChI=1S/C20H27N3O3S/c24-17-12-15(13-23(17)16-4-2-1-3-5-16)20(26)22-9-6-14(7-10-22)18(25)19-21-8-11-27-19/h8,11,14-16H,1-7,9-10,12-13H2. The molecule has 0 aromatic carbocycles. The molecule has 1 atom stereocenters. The van der Waals surface area contributed by atoms with Crippen LogP contribution in [0, 0.1) is 11.8 Å². The van der Waals surface area contributed by atoms with E-state index in [4.69, 9.17) is 0 Å². The van der Waals surface area contributed by atoms with Crippen LogP contribution in [0.15, 0.2) is 11.6 Å². The molecule has 1 saturated carbocycles. The lowest BCUT2D eigenvalue weighted by Gasteiger charge is -2.33. The van der Waals surface area contributed by atoms with Crippen LogP contribution in [0.2, 0.25) is 0 Å². The van der Waals surface area contributed by atoms with E-state index in [9.17, 15) is 14.4 Å². The molecule has 1 aromatic rings. The largest absolute Gasteiger partial charge is 0.342 e. The van der Waals surface area contributed by atoms with Gasteiger partial charge in [0.15, 0.2) is 10.8 Å². The van der Waals surface area contributed by atoms with Gasteiger partial charge in [0.1, 0.15) is 0 Å². The third-order valence-corrected chi connectivity index (χ3v) is 7.13. The van der Waals surface area contributed by atoms with E-state index in [0.717, 1.165) is 12.8 Å². The lowest BCUT2D eigenvalue weighted by Crippen LogP contribution is -2.44. The van der Waals surface area contributed by atoms with E-state index in [1.807, 2.05) is 15.2 Å². The molecule has 0 N–H and O–H groups in total. The molecule has 2 aliphatic heterocycles. The number of ketones is 1. The Kier molecular flexibility index (Phi) is 5.57. The van der Waals surface area contributed by atoms with Crippen LogP contribution in [-0.2, 0) is 9.59 Å². The Morgan fingerprint density at radius 3 is 2.44 bits per heavy atom. The van der Waals surface area contributed by atoms with Crippen molar-refractivity contribution in [1.82, 2.24) is 14.8 Å². The minimum Gasteiger partial charge on any atom is -0.342 e. The van der Waals surface area contributed by atoms with Gasteiger partial charge in [0.25, 0.3) is 0 Å². The second-order valence-corrected chi connectivity index (χ2v) is 8.93. The minimum absolute atomic E-state index is 0.0378. The van der Waals surface area contributed by atoms with Crippen molar-refractivity contribution in [1.29, 1.82) is 0 Å². The van der Waals surface area contributed by atoms with Crippen molar-refractivity contribution in [3.05, 3.63) is 16.6 Å².